The molecular weight excluding hydrogens is 468 g/mol. The molecule has 10 heteroatoms. The maximum atomic E-state index is 12.7. The number of rotatable bonds is 7. The van der Waals surface area contributed by atoms with E-state index in [1.165, 1.54) is 0 Å². The molecule has 2 aliphatic heterocycles. The van der Waals surface area contributed by atoms with Gasteiger partial charge in [0.25, 0.3) is 5.91 Å². The molecule has 1 spiro atoms. The summed E-state index contributed by atoms with van der Waals surface area (Å²) in [7, 11) is 3.15. The number of anilines is 1. The van der Waals surface area contributed by atoms with E-state index in [2.05, 4.69) is 15.8 Å². The number of likely N-dealkylation sites (tertiary alicyclic amines) is 1. The molecule has 0 saturated carbocycles. The van der Waals surface area contributed by atoms with Gasteiger partial charge in [-0.1, -0.05) is 11.2 Å². The summed E-state index contributed by atoms with van der Waals surface area (Å²) < 4.78 is 10.6. The lowest BCUT2D eigenvalue weighted by molar-refractivity contribution is -0.115. The van der Waals surface area contributed by atoms with Crippen molar-refractivity contribution in [2.24, 2.45) is 5.16 Å². The highest BCUT2D eigenvalue weighted by molar-refractivity contribution is 7.98. The standard InChI is InChI=1S/C25H30N4O5S/c1-32-21-9-4-17(14-22(21)33-2)16-26-23(30)20-15-25(34-28-20)10-12-29(13-11-25)24(31)27-18-5-7-19(35-3)8-6-18/h4-9,14H,10-13,15-16H2,1-3H3,(H,26,30)(H,27,31). The average Bonchev–Trinajstić information content (AvgIpc) is 3.31. The third kappa shape index (κ3) is 5.82. The summed E-state index contributed by atoms with van der Waals surface area (Å²) in [5, 5.41) is 9.91. The van der Waals surface area contributed by atoms with Gasteiger partial charge in [0.05, 0.1) is 14.2 Å². The normalized spacial score (nSPS) is 16.3. The van der Waals surface area contributed by atoms with Gasteiger partial charge in [-0.2, -0.15) is 0 Å². The first-order valence-corrected chi connectivity index (χ1v) is 12.6. The molecule has 2 N–H and O–H groups in total. The minimum Gasteiger partial charge on any atom is -0.493 e. The number of hydrogen-bond donors (Lipinski definition) is 2. The zero-order valence-electron chi connectivity index (χ0n) is 20.1. The molecule has 0 aromatic heterocycles. The van der Waals surface area contributed by atoms with Crippen LogP contribution < -0.4 is 20.1 Å². The number of thioether (sulfide) groups is 1. The van der Waals surface area contributed by atoms with Gasteiger partial charge in [0.1, 0.15) is 11.3 Å². The molecule has 0 bridgehead atoms. The van der Waals surface area contributed by atoms with Crippen LogP contribution in [-0.4, -0.2) is 61.7 Å². The van der Waals surface area contributed by atoms with Crippen molar-refractivity contribution in [3.8, 4) is 11.5 Å². The minimum atomic E-state index is -0.535. The second-order valence-corrected chi connectivity index (χ2v) is 9.39. The number of carbonyl (C=O) groups is 2. The third-order valence-electron chi connectivity index (χ3n) is 6.31. The third-order valence-corrected chi connectivity index (χ3v) is 7.05. The number of carbonyl (C=O) groups excluding carboxylic acids is 2. The van der Waals surface area contributed by atoms with Crippen LogP contribution in [0.1, 0.15) is 24.8 Å². The highest BCUT2D eigenvalue weighted by Gasteiger charge is 2.44. The van der Waals surface area contributed by atoms with E-state index in [-0.39, 0.29) is 11.9 Å². The second-order valence-electron chi connectivity index (χ2n) is 8.51. The molecule has 2 aromatic carbocycles. The van der Waals surface area contributed by atoms with Gasteiger partial charge in [-0.25, -0.2) is 4.79 Å². The molecule has 0 atom stereocenters. The Bertz CT molecular complexity index is 1100. The molecule has 2 heterocycles. The van der Waals surface area contributed by atoms with Crippen molar-refractivity contribution in [3.05, 3.63) is 48.0 Å². The van der Waals surface area contributed by atoms with Crippen LogP contribution in [0, 0.1) is 0 Å². The van der Waals surface area contributed by atoms with E-state index >= 15 is 0 Å². The Hall–Kier alpha value is -3.40. The molecule has 0 radical (unpaired) electrons. The number of urea groups is 1. The second kappa shape index (κ2) is 10.9. The van der Waals surface area contributed by atoms with Crippen molar-refractivity contribution in [1.82, 2.24) is 10.2 Å². The van der Waals surface area contributed by atoms with Crippen LogP contribution in [0.25, 0.3) is 0 Å². The number of nitrogens with one attached hydrogen (secondary N) is 2. The maximum absolute atomic E-state index is 12.7. The predicted molar refractivity (Wildman–Crippen MR) is 135 cm³/mol. The fourth-order valence-corrected chi connectivity index (χ4v) is 4.59. The first kappa shape index (κ1) is 24.7. The number of benzene rings is 2. The lowest BCUT2D eigenvalue weighted by Gasteiger charge is -2.37. The largest absolute Gasteiger partial charge is 0.493 e. The van der Waals surface area contributed by atoms with E-state index in [0.29, 0.717) is 56.1 Å². The molecule has 4 rings (SSSR count). The van der Waals surface area contributed by atoms with Crippen LogP contribution in [0.15, 0.2) is 52.5 Å². The zero-order valence-corrected chi connectivity index (χ0v) is 20.9. The molecule has 186 valence electrons. The summed E-state index contributed by atoms with van der Waals surface area (Å²) >= 11 is 1.66. The fraction of sp³-hybridized carbons (Fsp3) is 0.400. The topological polar surface area (TPSA) is 101 Å². The maximum Gasteiger partial charge on any atom is 0.321 e. The molecule has 9 nitrogen and oxygen atoms in total. The number of oxime groups is 1. The van der Waals surface area contributed by atoms with Crippen LogP contribution in [0.5, 0.6) is 11.5 Å². The predicted octanol–water partition coefficient (Wildman–Crippen LogP) is 3.88. The summed E-state index contributed by atoms with van der Waals surface area (Å²) in [6.07, 6.45) is 3.67. The van der Waals surface area contributed by atoms with Crippen LogP contribution >= 0.6 is 11.8 Å². The van der Waals surface area contributed by atoms with Gasteiger partial charge < -0.3 is 29.8 Å². The van der Waals surface area contributed by atoms with Crippen molar-refractivity contribution < 1.29 is 23.9 Å². The van der Waals surface area contributed by atoms with Crippen LogP contribution in [0.4, 0.5) is 10.5 Å². The number of hydrogen-bond acceptors (Lipinski definition) is 7. The van der Waals surface area contributed by atoms with E-state index in [4.69, 9.17) is 14.3 Å². The van der Waals surface area contributed by atoms with E-state index in [0.717, 1.165) is 16.1 Å². The van der Waals surface area contributed by atoms with E-state index in [9.17, 15) is 9.59 Å². The molecule has 35 heavy (non-hydrogen) atoms. The van der Waals surface area contributed by atoms with Crippen LogP contribution in [0.3, 0.4) is 0 Å². The zero-order chi connectivity index (χ0) is 24.8. The number of ether oxygens (including phenoxy) is 2. The van der Waals surface area contributed by atoms with Crippen molar-refractivity contribution in [2.75, 3.05) is 38.9 Å². The Morgan fingerprint density at radius 1 is 1.09 bits per heavy atom. The summed E-state index contributed by atoms with van der Waals surface area (Å²) in [6.45, 7) is 1.40. The first-order valence-electron chi connectivity index (χ1n) is 11.4. The quantitative estimate of drug-likeness (QED) is 0.562. The van der Waals surface area contributed by atoms with Gasteiger partial charge in [-0.15, -0.1) is 11.8 Å². The number of nitrogens with zero attached hydrogens (tertiary/aromatic N) is 2. The Morgan fingerprint density at radius 3 is 2.46 bits per heavy atom. The Kier molecular flexibility index (Phi) is 7.70. The molecular formula is C25H30N4O5S. The molecule has 2 aromatic rings. The summed E-state index contributed by atoms with van der Waals surface area (Å²) in [5.41, 5.74) is 1.49. The van der Waals surface area contributed by atoms with E-state index < -0.39 is 5.60 Å². The lowest BCUT2D eigenvalue weighted by Crippen LogP contribution is -2.48. The van der Waals surface area contributed by atoms with Gasteiger partial charge in [-0.05, 0) is 48.2 Å². The van der Waals surface area contributed by atoms with Crippen molar-refractivity contribution in [2.45, 2.75) is 36.3 Å². The molecule has 3 amide bonds. The first-order chi connectivity index (χ1) is 16.9. The molecule has 1 saturated heterocycles. The Labute approximate surface area is 209 Å². The van der Waals surface area contributed by atoms with Crippen LogP contribution in [-0.2, 0) is 16.2 Å². The van der Waals surface area contributed by atoms with Gasteiger partial charge >= 0.3 is 6.03 Å². The van der Waals surface area contributed by atoms with Crippen molar-refractivity contribution in [3.63, 3.8) is 0 Å². The number of piperidine rings is 1. The number of methoxy groups -OCH3 is 2. The fourth-order valence-electron chi connectivity index (χ4n) is 4.18. The molecule has 2 aliphatic rings. The summed E-state index contributed by atoms with van der Waals surface area (Å²) in [5.74, 6) is 0.977. The van der Waals surface area contributed by atoms with E-state index in [1.54, 1.807) is 36.9 Å². The van der Waals surface area contributed by atoms with Crippen molar-refractivity contribution >= 4 is 35.1 Å². The van der Waals surface area contributed by atoms with Gasteiger partial charge in [0.15, 0.2) is 11.5 Å². The minimum absolute atomic E-state index is 0.136. The molecule has 0 unspecified atom stereocenters. The summed E-state index contributed by atoms with van der Waals surface area (Å²) in [4.78, 5) is 34.0. The van der Waals surface area contributed by atoms with Gasteiger partial charge in [0, 0.05) is 49.5 Å². The lowest BCUT2D eigenvalue weighted by atomic mass is 9.87. The van der Waals surface area contributed by atoms with E-state index in [1.807, 2.05) is 42.7 Å². The Balaban J connectivity index is 1.25. The van der Waals surface area contributed by atoms with Crippen LogP contribution in [0.2, 0.25) is 0 Å². The van der Waals surface area contributed by atoms with Gasteiger partial charge in [-0.3, -0.25) is 4.79 Å². The average molecular weight is 499 g/mol. The highest BCUT2D eigenvalue weighted by atomic mass is 32.2. The number of amides is 3. The van der Waals surface area contributed by atoms with Crippen molar-refractivity contribution in [1.29, 1.82) is 0 Å². The van der Waals surface area contributed by atoms with Gasteiger partial charge in [0.2, 0.25) is 0 Å². The highest BCUT2D eigenvalue weighted by Crippen LogP contribution is 2.35. The monoisotopic (exact) mass is 498 g/mol. The Morgan fingerprint density at radius 2 is 1.80 bits per heavy atom. The summed E-state index contributed by atoms with van der Waals surface area (Å²) in [6, 6.07) is 13.1. The SMILES string of the molecule is COc1ccc(CNC(=O)C2=NOC3(CCN(C(=O)Nc4ccc(SC)cc4)CC3)C2)cc1OC. The molecule has 1 fully saturated rings. The molecule has 0 aliphatic carbocycles. The smallest absolute Gasteiger partial charge is 0.321 e.